The van der Waals surface area contributed by atoms with Crippen LogP contribution in [0, 0.1) is 0 Å². The lowest BCUT2D eigenvalue weighted by molar-refractivity contribution is 0.169. The summed E-state index contributed by atoms with van der Waals surface area (Å²) in [6.45, 7) is 1.36. The van der Waals surface area contributed by atoms with Crippen molar-refractivity contribution in [2.75, 3.05) is 33.9 Å². The van der Waals surface area contributed by atoms with Crippen molar-refractivity contribution in [1.29, 1.82) is 0 Å². The van der Waals surface area contributed by atoms with E-state index in [1.807, 2.05) is 48.5 Å². The van der Waals surface area contributed by atoms with Crippen molar-refractivity contribution < 1.29 is 24.4 Å². The lowest BCUT2D eigenvalue weighted by atomic mass is 10.0. The Balaban J connectivity index is 1.34. The minimum Gasteiger partial charge on any atom is -0.507 e. The van der Waals surface area contributed by atoms with Crippen LogP contribution in [0.15, 0.2) is 54.6 Å². The maximum Gasteiger partial charge on any atom is 0.203 e. The van der Waals surface area contributed by atoms with E-state index in [1.165, 1.54) is 0 Å². The van der Waals surface area contributed by atoms with Crippen LogP contribution in [0.2, 0.25) is 0 Å². The molecule has 7 nitrogen and oxygen atoms in total. The van der Waals surface area contributed by atoms with Crippen molar-refractivity contribution >= 4 is 21.8 Å². The van der Waals surface area contributed by atoms with Gasteiger partial charge in [0.2, 0.25) is 5.75 Å². The number of aromatic amines is 1. The summed E-state index contributed by atoms with van der Waals surface area (Å²) in [4.78, 5) is 3.37. The number of nitrogens with one attached hydrogen (secondary N) is 2. The van der Waals surface area contributed by atoms with Gasteiger partial charge in [-0.3, -0.25) is 0 Å². The van der Waals surface area contributed by atoms with Crippen molar-refractivity contribution in [1.82, 2.24) is 10.3 Å². The molecular weight excluding hydrogens is 408 g/mol. The van der Waals surface area contributed by atoms with Gasteiger partial charge < -0.3 is 34.7 Å². The Kier molecular flexibility index (Phi) is 6.68. The number of aliphatic hydroxyl groups excluding tert-OH is 1. The smallest absolute Gasteiger partial charge is 0.203 e. The van der Waals surface area contributed by atoms with Crippen LogP contribution in [0.1, 0.15) is 5.56 Å². The molecule has 0 saturated carbocycles. The molecule has 32 heavy (non-hydrogen) atoms. The number of ether oxygens (including phenoxy) is 3. The molecule has 0 bridgehead atoms. The Hall–Kier alpha value is -3.42. The van der Waals surface area contributed by atoms with Crippen molar-refractivity contribution in [3.8, 4) is 23.0 Å². The van der Waals surface area contributed by atoms with Gasteiger partial charge in [-0.2, -0.15) is 0 Å². The second-order valence-electron chi connectivity index (χ2n) is 7.57. The number of phenolic OH excluding ortho intramolecular Hbond substituents is 1. The zero-order chi connectivity index (χ0) is 22.5. The number of para-hydroxylation sites is 2. The fourth-order valence-corrected chi connectivity index (χ4v) is 3.94. The number of fused-ring (bicyclic) bond motifs is 3. The van der Waals surface area contributed by atoms with E-state index in [0.717, 1.165) is 27.4 Å². The van der Waals surface area contributed by atoms with Gasteiger partial charge in [-0.05, 0) is 29.8 Å². The maximum atomic E-state index is 10.6. The van der Waals surface area contributed by atoms with Crippen LogP contribution in [0.5, 0.6) is 23.0 Å². The number of aromatic nitrogens is 1. The first-order valence-electron chi connectivity index (χ1n) is 10.6. The quantitative estimate of drug-likeness (QED) is 0.284. The predicted molar refractivity (Wildman–Crippen MR) is 125 cm³/mol. The molecule has 0 saturated heterocycles. The van der Waals surface area contributed by atoms with Gasteiger partial charge in [0.05, 0.1) is 25.8 Å². The van der Waals surface area contributed by atoms with E-state index in [2.05, 4.69) is 10.3 Å². The average molecular weight is 437 g/mol. The first-order valence-corrected chi connectivity index (χ1v) is 10.6. The molecular formula is C25H28N2O5. The minimum absolute atomic E-state index is 0.234. The van der Waals surface area contributed by atoms with Crippen LogP contribution in [-0.4, -0.2) is 55.2 Å². The molecule has 168 valence electrons. The van der Waals surface area contributed by atoms with Crippen molar-refractivity contribution in [2.45, 2.75) is 12.5 Å². The van der Waals surface area contributed by atoms with Crippen LogP contribution < -0.4 is 19.5 Å². The summed E-state index contributed by atoms with van der Waals surface area (Å²) in [6, 6.07) is 16.9. The molecule has 7 heteroatoms. The second-order valence-corrected chi connectivity index (χ2v) is 7.57. The molecule has 0 amide bonds. The second kappa shape index (κ2) is 9.80. The third-order valence-corrected chi connectivity index (χ3v) is 5.47. The number of rotatable bonds is 10. The topological polar surface area (TPSA) is 96.0 Å². The molecule has 0 radical (unpaired) electrons. The normalized spacial score (nSPS) is 12.2. The van der Waals surface area contributed by atoms with E-state index < -0.39 is 6.10 Å². The molecule has 4 N–H and O–H groups in total. The summed E-state index contributed by atoms with van der Waals surface area (Å²) in [5.41, 5.74) is 2.77. The van der Waals surface area contributed by atoms with E-state index >= 15 is 0 Å². The van der Waals surface area contributed by atoms with Crippen LogP contribution >= 0.6 is 0 Å². The Bertz CT molecular complexity index is 1180. The minimum atomic E-state index is -0.588. The third kappa shape index (κ3) is 4.44. The molecule has 1 aromatic heterocycles. The van der Waals surface area contributed by atoms with Gasteiger partial charge in [-0.25, -0.2) is 0 Å². The highest BCUT2D eigenvalue weighted by Gasteiger charge is 2.15. The Morgan fingerprint density at radius 1 is 0.969 bits per heavy atom. The molecule has 4 aromatic rings. The van der Waals surface area contributed by atoms with Crippen molar-refractivity contribution in [3.63, 3.8) is 0 Å². The molecule has 1 unspecified atom stereocenters. The first-order chi connectivity index (χ1) is 15.6. The number of aromatic hydroxyl groups is 1. The summed E-state index contributed by atoms with van der Waals surface area (Å²) >= 11 is 0. The van der Waals surface area contributed by atoms with E-state index in [1.54, 1.807) is 20.3 Å². The fourth-order valence-electron chi connectivity index (χ4n) is 3.94. The van der Waals surface area contributed by atoms with Crippen LogP contribution in [-0.2, 0) is 6.42 Å². The summed E-state index contributed by atoms with van der Waals surface area (Å²) in [6.07, 6.45) is -0.132. The fraction of sp³-hybridized carbons (Fsp3) is 0.280. The predicted octanol–water partition coefficient (Wildman–Crippen LogP) is 3.62. The molecule has 0 aliphatic heterocycles. The number of hydrogen-bond donors (Lipinski definition) is 4. The number of aliphatic hydroxyl groups is 1. The average Bonchev–Trinajstić information content (AvgIpc) is 3.21. The van der Waals surface area contributed by atoms with Crippen LogP contribution in [0.4, 0.5) is 0 Å². The Labute approximate surface area is 186 Å². The lowest BCUT2D eigenvalue weighted by Gasteiger charge is -2.15. The van der Waals surface area contributed by atoms with Gasteiger partial charge in [0.15, 0.2) is 11.5 Å². The third-order valence-electron chi connectivity index (χ3n) is 5.47. The zero-order valence-electron chi connectivity index (χ0n) is 18.2. The van der Waals surface area contributed by atoms with Gasteiger partial charge in [-0.1, -0.05) is 30.3 Å². The highest BCUT2D eigenvalue weighted by molar-refractivity contribution is 6.11. The SMILES string of the molecule is COc1cccc(OC)c1OCCNCC(O)Cc1ccc(O)c2c1[nH]c1ccccc12. The van der Waals surface area contributed by atoms with Gasteiger partial charge in [0.1, 0.15) is 12.4 Å². The molecule has 0 fully saturated rings. The number of H-pyrrole nitrogens is 1. The molecule has 1 atom stereocenters. The first kappa shape index (κ1) is 21.8. The molecule has 0 spiro atoms. The largest absolute Gasteiger partial charge is 0.507 e. The lowest BCUT2D eigenvalue weighted by Crippen LogP contribution is -2.31. The number of benzene rings is 3. The van der Waals surface area contributed by atoms with Crippen LogP contribution in [0.25, 0.3) is 21.8 Å². The van der Waals surface area contributed by atoms with E-state index in [0.29, 0.717) is 43.4 Å². The van der Waals surface area contributed by atoms with E-state index in [4.69, 9.17) is 14.2 Å². The highest BCUT2D eigenvalue weighted by atomic mass is 16.5. The molecule has 4 rings (SSSR count). The molecule has 0 aliphatic carbocycles. The molecule has 3 aromatic carbocycles. The maximum absolute atomic E-state index is 10.6. The van der Waals surface area contributed by atoms with Crippen LogP contribution in [0.3, 0.4) is 0 Å². The van der Waals surface area contributed by atoms with Crippen molar-refractivity contribution in [3.05, 3.63) is 60.2 Å². The number of hydrogen-bond acceptors (Lipinski definition) is 6. The Morgan fingerprint density at radius 2 is 1.72 bits per heavy atom. The zero-order valence-corrected chi connectivity index (χ0v) is 18.2. The van der Waals surface area contributed by atoms with E-state index in [9.17, 15) is 10.2 Å². The summed E-state index contributed by atoms with van der Waals surface area (Å²) in [7, 11) is 3.17. The monoisotopic (exact) mass is 436 g/mol. The number of methoxy groups -OCH3 is 2. The van der Waals surface area contributed by atoms with Crippen molar-refractivity contribution in [2.24, 2.45) is 0 Å². The highest BCUT2D eigenvalue weighted by Crippen LogP contribution is 2.37. The van der Waals surface area contributed by atoms with Gasteiger partial charge >= 0.3 is 0 Å². The molecule has 0 aliphatic rings. The summed E-state index contributed by atoms with van der Waals surface area (Å²) in [5.74, 6) is 2.01. The Morgan fingerprint density at radius 3 is 2.47 bits per heavy atom. The number of phenols is 1. The summed E-state index contributed by atoms with van der Waals surface area (Å²) in [5, 5.41) is 25.9. The van der Waals surface area contributed by atoms with Gasteiger partial charge in [0.25, 0.3) is 0 Å². The van der Waals surface area contributed by atoms with Gasteiger partial charge in [-0.15, -0.1) is 0 Å². The molecule has 1 heterocycles. The van der Waals surface area contributed by atoms with E-state index in [-0.39, 0.29) is 5.75 Å². The summed E-state index contributed by atoms with van der Waals surface area (Å²) < 4.78 is 16.5. The van der Waals surface area contributed by atoms with Gasteiger partial charge in [0, 0.05) is 35.8 Å². The standard InChI is InChI=1S/C25H28N2O5/c1-30-21-8-5-9-22(31-2)25(21)32-13-12-26-15-17(28)14-16-10-11-20(29)23-18-6-3-4-7-19(18)27-24(16)23/h3-11,17,26-29H,12-15H2,1-2H3.